The van der Waals surface area contributed by atoms with Crippen molar-refractivity contribution in [1.29, 1.82) is 0 Å². The van der Waals surface area contributed by atoms with Crippen LogP contribution in [0, 0.1) is 0 Å². The first-order chi connectivity index (χ1) is 10.9. The van der Waals surface area contributed by atoms with E-state index in [1.807, 2.05) is 36.4 Å². The van der Waals surface area contributed by atoms with E-state index in [9.17, 15) is 13.2 Å². The monoisotopic (exact) mass is 336 g/mol. The van der Waals surface area contributed by atoms with Crippen molar-refractivity contribution in [3.8, 4) is 5.75 Å². The third-order valence-electron chi connectivity index (χ3n) is 3.66. The van der Waals surface area contributed by atoms with E-state index in [0.29, 0.717) is 6.42 Å². The van der Waals surface area contributed by atoms with Crippen molar-refractivity contribution < 1.29 is 17.9 Å². The molecule has 0 saturated heterocycles. The van der Waals surface area contributed by atoms with Gasteiger partial charge in [0.05, 0.1) is 7.11 Å². The predicted octanol–water partition coefficient (Wildman–Crippen LogP) is 1.70. The number of methoxy groups -OCH3 is 1. The second-order valence-electron chi connectivity index (χ2n) is 5.05. The number of amides is 1. The van der Waals surface area contributed by atoms with Gasteiger partial charge in [0.15, 0.2) is 0 Å². The normalized spacial score (nSPS) is 11.4. The summed E-state index contributed by atoms with van der Waals surface area (Å²) in [4.78, 5) is 11.6. The summed E-state index contributed by atoms with van der Waals surface area (Å²) >= 11 is 0. The van der Waals surface area contributed by atoms with Crippen LogP contribution < -0.4 is 9.46 Å². The highest BCUT2D eigenvalue weighted by Crippen LogP contribution is 2.24. The number of carbonyl (C=O) groups is 1. The van der Waals surface area contributed by atoms with Gasteiger partial charge in [0.1, 0.15) is 5.75 Å². The third-order valence-corrected chi connectivity index (χ3v) is 5.20. The Kier molecular flexibility index (Phi) is 5.23. The fourth-order valence-electron chi connectivity index (χ4n) is 2.44. The van der Waals surface area contributed by atoms with Gasteiger partial charge in [-0.25, -0.2) is 9.03 Å². The lowest BCUT2D eigenvalue weighted by molar-refractivity contribution is -0.124. The summed E-state index contributed by atoms with van der Waals surface area (Å²) in [5, 5.41) is 2.02. The van der Waals surface area contributed by atoms with Crippen LogP contribution in [0.4, 0.5) is 0 Å². The number of hydrogen-bond acceptors (Lipinski definition) is 4. The second kappa shape index (κ2) is 6.97. The first-order valence-corrected chi connectivity index (χ1v) is 8.60. The summed E-state index contributed by atoms with van der Waals surface area (Å²) in [6, 6.07) is 11.5. The lowest BCUT2D eigenvalue weighted by atomic mass is 10.0. The Morgan fingerprint density at radius 1 is 1.26 bits per heavy atom. The second-order valence-corrected chi connectivity index (χ2v) is 6.85. The molecular formula is C16H20N2O4S. The molecule has 0 aliphatic carbocycles. The SMILES string of the molecule is CNS(=O)(=O)N(CCc1cccc2ccc(OC)cc12)C(C)=O. The highest BCUT2D eigenvalue weighted by molar-refractivity contribution is 7.87. The average Bonchev–Trinajstić information content (AvgIpc) is 2.54. The molecule has 2 aromatic carbocycles. The van der Waals surface area contributed by atoms with Crippen LogP contribution in [0.25, 0.3) is 10.8 Å². The Bertz CT molecular complexity index is 818. The molecule has 2 rings (SSSR count). The van der Waals surface area contributed by atoms with Gasteiger partial charge in [-0.1, -0.05) is 24.3 Å². The van der Waals surface area contributed by atoms with E-state index in [4.69, 9.17) is 4.74 Å². The lowest BCUT2D eigenvalue weighted by Gasteiger charge is -2.20. The van der Waals surface area contributed by atoms with Gasteiger partial charge < -0.3 is 4.74 Å². The Labute approximate surface area is 136 Å². The topological polar surface area (TPSA) is 75.7 Å². The maximum Gasteiger partial charge on any atom is 0.303 e. The molecule has 6 nitrogen and oxygen atoms in total. The van der Waals surface area contributed by atoms with Gasteiger partial charge in [-0.05, 0) is 34.9 Å². The van der Waals surface area contributed by atoms with Crippen LogP contribution in [-0.4, -0.2) is 39.3 Å². The standard InChI is InChI=1S/C16H20N2O4S/c1-12(19)18(23(20,21)17-2)10-9-14-6-4-5-13-7-8-15(22-3)11-16(13)14/h4-8,11,17H,9-10H2,1-3H3. The van der Waals surface area contributed by atoms with Crippen molar-refractivity contribution in [1.82, 2.24) is 9.03 Å². The highest BCUT2D eigenvalue weighted by Gasteiger charge is 2.22. The van der Waals surface area contributed by atoms with E-state index in [2.05, 4.69) is 4.72 Å². The van der Waals surface area contributed by atoms with E-state index < -0.39 is 16.1 Å². The molecule has 0 aliphatic rings. The minimum atomic E-state index is -3.79. The molecule has 0 saturated carbocycles. The quantitative estimate of drug-likeness (QED) is 0.871. The summed E-state index contributed by atoms with van der Waals surface area (Å²) in [6.45, 7) is 1.32. The molecule has 0 unspecified atom stereocenters. The lowest BCUT2D eigenvalue weighted by Crippen LogP contribution is -2.42. The Morgan fingerprint density at radius 3 is 2.61 bits per heavy atom. The van der Waals surface area contributed by atoms with Crippen LogP contribution in [0.3, 0.4) is 0 Å². The van der Waals surface area contributed by atoms with Crippen molar-refractivity contribution in [2.75, 3.05) is 20.7 Å². The molecule has 0 bridgehead atoms. The van der Waals surface area contributed by atoms with E-state index in [0.717, 1.165) is 26.4 Å². The number of nitrogens with zero attached hydrogens (tertiary/aromatic N) is 1. The molecule has 124 valence electrons. The highest BCUT2D eigenvalue weighted by atomic mass is 32.2. The maximum atomic E-state index is 11.9. The molecule has 0 heterocycles. The van der Waals surface area contributed by atoms with Crippen molar-refractivity contribution >= 4 is 26.9 Å². The molecule has 0 atom stereocenters. The van der Waals surface area contributed by atoms with Crippen molar-refractivity contribution in [3.63, 3.8) is 0 Å². The largest absolute Gasteiger partial charge is 0.497 e. The Morgan fingerprint density at radius 2 is 2.00 bits per heavy atom. The van der Waals surface area contributed by atoms with E-state index in [1.165, 1.54) is 14.0 Å². The molecule has 0 spiro atoms. The fourth-order valence-corrected chi connectivity index (χ4v) is 3.33. The van der Waals surface area contributed by atoms with E-state index >= 15 is 0 Å². The molecule has 1 N–H and O–H groups in total. The summed E-state index contributed by atoms with van der Waals surface area (Å²) in [7, 11) is -0.903. The molecule has 2 aromatic rings. The first-order valence-electron chi connectivity index (χ1n) is 7.16. The molecular weight excluding hydrogens is 316 g/mol. The number of nitrogens with one attached hydrogen (secondary N) is 1. The minimum absolute atomic E-state index is 0.0782. The van der Waals surface area contributed by atoms with Gasteiger partial charge in [0.2, 0.25) is 5.91 Å². The molecule has 1 amide bonds. The van der Waals surface area contributed by atoms with Crippen LogP contribution in [0.5, 0.6) is 5.75 Å². The predicted molar refractivity (Wildman–Crippen MR) is 89.6 cm³/mol. The Hall–Kier alpha value is -2.12. The van der Waals surface area contributed by atoms with Gasteiger partial charge in [0, 0.05) is 20.5 Å². The zero-order valence-corrected chi connectivity index (χ0v) is 14.2. The maximum absolute atomic E-state index is 11.9. The minimum Gasteiger partial charge on any atom is -0.497 e. The average molecular weight is 336 g/mol. The van der Waals surface area contributed by atoms with Crippen LogP contribution in [0.15, 0.2) is 36.4 Å². The van der Waals surface area contributed by atoms with Gasteiger partial charge in [-0.2, -0.15) is 8.42 Å². The summed E-state index contributed by atoms with van der Waals surface area (Å²) in [5.41, 5.74) is 0.957. The van der Waals surface area contributed by atoms with Crippen molar-refractivity contribution in [2.24, 2.45) is 0 Å². The third kappa shape index (κ3) is 3.80. The zero-order valence-electron chi connectivity index (χ0n) is 13.4. The Balaban J connectivity index is 2.32. The number of benzene rings is 2. The van der Waals surface area contributed by atoms with Crippen LogP contribution in [0.2, 0.25) is 0 Å². The van der Waals surface area contributed by atoms with Crippen LogP contribution in [0.1, 0.15) is 12.5 Å². The van der Waals surface area contributed by atoms with Gasteiger partial charge >= 0.3 is 10.2 Å². The zero-order chi connectivity index (χ0) is 17.0. The molecule has 0 aromatic heterocycles. The molecule has 0 aliphatic heterocycles. The smallest absolute Gasteiger partial charge is 0.303 e. The first kappa shape index (κ1) is 17.2. The molecule has 7 heteroatoms. The number of fused-ring (bicyclic) bond motifs is 1. The van der Waals surface area contributed by atoms with Gasteiger partial charge in [-0.3, -0.25) is 4.79 Å². The fraction of sp³-hybridized carbons (Fsp3) is 0.312. The van der Waals surface area contributed by atoms with Crippen LogP contribution in [-0.2, 0) is 21.4 Å². The number of hydrogen-bond donors (Lipinski definition) is 1. The summed E-state index contributed by atoms with van der Waals surface area (Å²) in [6.07, 6.45) is 0.422. The summed E-state index contributed by atoms with van der Waals surface area (Å²) < 4.78 is 32.1. The molecule has 23 heavy (non-hydrogen) atoms. The van der Waals surface area contributed by atoms with Gasteiger partial charge in [-0.15, -0.1) is 0 Å². The number of carbonyl (C=O) groups excluding carboxylic acids is 1. The van der Waals surface area contributed by atoms with E-state index in [1.54, 1.807) is 7.11 Å². The molecule has 0 fully saturated rings. The van der Waals surface area contributed by atoms with Crippen LogP contribution >= 0.6 is 0 Å². The molecule has 0 radical (unpaired) electrons. The van der Waals surface area contributed by atoms with Gasteiger partial charge in [0.25, 0.3) is 0 Å². The number of ether oxygens (including phenoxy) is 1. The summed E-state index contributed by atoms with van der Waals surface area (Å²) in [5.74, 6) is 0.216. The van der Waals surface area contributed by atoms with Crippen molar-refractivity contribution in [2.45, 2.75) is 13.3 Å². The van der Waals surface area contributed by atoms with Crippen molar-refractivity contribution in [3.05, 3.63) is 42.0 Å². The van der Waals surface area contributed by atoms with E-state index in [-0.39, 0.29) is 6.54 Å². The number of rotatable bonds is 6.